The first kappa shape index (κ1) is 13.5. The molecular weight excluding hydrogens is 246 g/mol. The lowest BCUT2D eigenvalue weighted by Gasteiger charge is -2.04. The van der Waals surface area contributed by atoms with Crippen molar-refractivity contribution in [1.29, 1.82) is 0 Å². The summed E-state index contributed by atoms with van der Waals surface area (Å²) in [6, 6.07) is 3.58. The summed E-state index contributed by atoms with van der Waals surface area (Å²) < 4.78 is 21.8. The average Bonchev–Trinajstić information content (AvgIpc) is 2.16. The van der Waals surface area contributed by atoms with Crippen molar-refractivity contribution in [3.8, 4) is 0 Å². The van der Waals surface area contributed by atoms with Gasteiger partial charge in [0.25, 0.3) is 0 Å². The molecule has 0 aliphatic heterocycles. The fraction of sp³-hybridized carbons (Fsp3) is 0.500. The summed E-state index contributed by atoms with van der Waals surface area (Å²) >= 11 is 1.44. The first-order valence-corrected chi connectivity index (χ1v) is 7.87. The van der Waals surface area contributed by atoms with Gasteiger partial charge in [-0.1, -0.05) is 0 Å². The van der Waals surface area contributed by atoms with Crippen LogP contribution in [0.25, 0.3) is 0 Å². The Morgan fingerprint density at radius 1 is 1.50 bits per heavy atom. The highest BCUT2D eigenvalue weighted by atomic mass is 32.2. The summed E-state index contributed by atoms with van der Waals surface area (Å²) in [6.07, 6.45) is 2.30. The second-order valence-electron chi connectivity index (χ2n) is 3.57. The number of sulfone groups is 1. The number of nitrogens with zero attached hydrogens (tertiary/aromatic N) is 1. The quantitative estimate of drug-likeness (QED) is 0.809. The van der Waals surface area contributed by atoms with E-state index < -0.39 is 15.9 Å². The van der Waals surface area contributed by atoms with Gasteiger partial charge in [0.15, 0.2) is 0 Å². The Bertz CT molecular complexity index is 426. The van der Waals surface area contributed by atoms with Gasteiger partial charge in [0.2, 0.25) is 0 Å². The van der Waals surface area contributed by atoms with E-state index in [4.69, 9.17) is 0 Å². The van der Waals surface area contributed by atoms with Crippen LogP contribution in [0.3, 0.4) is 0 Å². The van der Waals surface area contributed by atoms with Gasteiger partial charge in [0, 0.05) is 23.1 Å². The molecule has 0 aliphatic carbocycles. The number of aliphatic hydroxyl groups excluding tert-OH is 1. The maximum atomic E-state index is 10.9. The fourth-order valence-corrected chi connectivity index (χ4v) is 3.11. The molecular formula is C10H15NO3S2. The van der Waals surface area contributed by atoms with E-state index in [-0.39, 0.29) is 5.75 Å². The van der Waals surface area contributed by atoms with E-state index in [2.05, 4.69) is 4.98 Å². The molecule has 0 bridgehead atoms. The Labute approximate surface area is 100 Å². The smallest absolute Gasteiger partial charge is 0.148 e. The summed E-state index contributed by atoms with van der Waals surface area (Å²) in [5.41, 5.74) is 0.618. The molecule has 0 aliphatic rings. The zero-order valence-corrected chi connectivity index (χ0v) is 10.9. The van der Waals surface area contributed by atoms with E-state index in [1.165, 1.54) is 18.0 Å². The lowest BCUT2D eigenvalue weighted by atomic mass is 10.2. The average molecular weight is 261 g/mol. The van der Waals surface area contributed by atoms with Crippen LogP contribution in [-0.4, -0.2) is 36.3 Å². The van der Waals surface area contributed by atoms with Crippen LogP contribution in [0, 0.1) is 0 Å². The Kier molecular flexibility index (Phi) is 4.76. The minimum atomic E-state index is -2.90. The molecule has 1 aromatic rings. The van der Waals surface area contributed by atoms with E-state index in [9.17, 15) is 13.5 Å². The van der Waals surface area contributed by atoms with Gasteiger partial charge in [0.05, 0.1) is 17.6 Å². The number of hydrogen-bond acceptors (Lipinski definition) is 5. The first-order valence-electron chi connectivity index (χ1n) is 4.83. The lowest BCUT2D eigenvalue weighted by molar-refractivity contribution is 0.194. The fourth-order valence-electron chi connectivity index (χ4n) is 1.04. The molecule has 4 nitrogen and oxygen atoms in total. The number of hydrogen-bond donors (Lipinski definition) is 1. The standard InChI is InChI=1S/C10H15NO3S2/c1-8(12)10-4-3-9(7-11-10)15-5-6-16(2,13)14/h3-4,7-8,12H,5-6H2,1-2H3/t8-/m0/s1. The molecule has 6 heteroatoms. The molecule has 16 heavy (non-hydrogen) atoms. The van der Waals surface area contributed by atoms with Crippen molar-refractivity contribution in [3.63, 3.8) is 0 Å². The lowest BCUT2D eigenvalue weighted by Crippen LogP contribution is -2.05. The molecule has 1 heterocycles. The van der Waals surface area contributed by atoms with Gasteiger partial charge in [-0.05, 0) is 19.1 Å². The molecule has 0 fully saturated rings. The molecule has 0 saturated carbocycles. The van der Waals surface area contributed by atoms with Gasteiger partial charge in [-0.25, -0.2) is 8.42 Å². The van der Waals surface area contributed by atoms with Gasteiger partial charge < -0.3 is 5.11 Å². The Balaban J connectivity index is 2.50. The topological polar surface area (TPSA) is 67.3 Å². The summed E-state index contributed by atoms with van der Waals surface area (Å²) in [6.45, 7) is 1.65. The number of aliphatic hydroxyl groups is 1. The Morgan fingerprint density at radius 3 is 2.62 bits per heavy atom. The minimum absolute atomic E-state index is 0.163. The van der Waals surface area contributed by atoms with Crippen molar-refractivity contribution in [2.75, 3.05) is 17.8 Å². The number of pyridine rings is 1. The van der Waals surface area contributed by atoms with Gasteiger partial charge in [0.1, 0.15) is 9.84 Å². The van der Waals surface area contributed by atoms with Crippen molar-refractivity contribution >= 4 is 21.6 Å². The Morgan fingerprint density at radius 2 is 2.19 bits per heavy atom. The number of aromatic nitrogens is 1. The van der Waals surface area contributed by atoms with E-state index in [1.54, 1.807) is 19.2 Å². The highest BCUT2D eigenvalue weighted by molar-refractivity contribution is 8.00. The molecule has 0 spiro atoms. The van der Waals surface area contributed by atoms with Crippen LogP contribution in [0.5, 0.6) is 0 Å². The number of thioether (sulfide) groups is 1. The third-order valence-electron chi connectivity index (χ3n) is 1.91. The highest BCUT2D eigenvalue weighted by Gasteiger charge is 2.04. The van der Waals surface area contributed by atoms with Gasteiger partial charge in [-0.15, -0.1) is 11.8 Å². The number of rotatable bonds is 5. The summed E-state index contributed by atoms with van der Waals surface area (Å²) in [5.74, 6) is 0.685. The maximum absolute atomic E-state index is 10.9. The molecule has 0 aromatic carbocycles. The molecule has 0 radical (unpaired) electrons. The van der Waals surface area contributed by atoms with Crippen molar-refractivity contribution < 1.29 is 13.5 Å². The monoisotopic (exact) mass is 261 g/mol. The zero-order chi connectivity index (χ0) is 12.2. The van der Waals surface area contributed by atoms with E-state index in [0.717, 1.165) is 4.90 Å². The zero-order valence-electron chi connectivity index (χ0n) is 9.25. The molecule has 0 saturated heterocycles. The summed E-state index contributed by atoms with van der Waals surface area (Å²) in [5, 5.41) is 9.25. The van der Waals surface area contributed by atoms with Crippen LogP contribution >= 0.6 is 11.8 Å². The third-order valence-corrected chi connectivity index (χ3v) is 4.10. The molecule has 0 unspecified atom stereocenters. The van der Waals surface area contributed by atoms with Crippen molar-refractivity contribution in [3.05, 3.63) is 24.0 Å². The molecule has 1 atom stereocenters. The molecule has 1 aromatic heterocycles. The summed E-state index contributed by atoms with van der Waals surface area (Å²) in [4.78, 5) is 4.98. The van der Waals surface area contributed by atoms with Gasteiger partial charge >= 0.3 is 0 Å². The summed E-state index contributed by atoms with van der Waals surface area (Å²) in [7, 11) is -2.90. The van der Waals surface area contributed by atoms with Crippen LogP contribution in [0.2, 0.25) is 0 Å². The first-order chi connectivity index (χ1) is 7.38. The second-order valence-corrected chi connectivity index (χ2v) is 7.00. The molecule has 1 N–H and O–H groups in total. The normalized spacial score (nSPS) is 13.7. The van der Waals surface area contributed by atoms with Gasteiger partial charge in [-0.2, -0.15) is 0 Å². The van der Waals surface area contributed by atoms with E-state index >= 15 is 0 Å². The van der Waals surface area contributed by atoms with E-state index in [0.29, 0.717) is 11.4 Å². The van der Waals surface area contributed by atoms with E-state index in [1.807, 2.05) is 6.07 Å². The Hall–Kier alpha value is -0.590. The maximum Gasteiger partial charge on any atom is 0.148 e. The highest BCUT2D eigenvalue weighted by Crippen LogP contribution is 2.18. The van der Waals surface area contributed by atoms with Crippen LogP contribution in [0.4, 0.5) is 0 Å². The van der Waals surface area contributed by atoms with Crippen molar-refractivity contribution in [2.24, 2.45) is 0 Å². The molecule has 1 rings (SSSR count). The van der Waals surface area contributed by atoms with Crippen LogP contribution < -0.4 is 0 Å². The predicted molar refractivity (Wildman–Crippen MR) is 65.3 cm³/mol. The van der Waals surface area contributed by atoms with Crippen molar-refractivity contribution in [2.45, 2.75) is 17.9 Å². The SMILES string of the molecule is C[C@H](O)c1ccc(SCCS(C)(=O)=O)cn1. The predicted octanol–water partition coefficient (Wildman–Crippen LogP) is 1.27. The van der Waals surface area contributed by atoms with Crippen molar-refractivity contribution in [1.82, 2.24) is 4.98 Å². The molecule has 90 valence electrons. The second kappa shape index (κ2) is 5.65. The minimum Gasteiger partial charge on any atom is -0.387 e. The largest absolute Gasteiger partial charge is 0.387 e. The van der Waals surface area contributed by atoms with Gasteiger partial charge in [-0.3, -0.25) is 4.98 Å². The third kappa shape index (κ3) is 4.96. The van der Waals surface area contributed by atoms with Crippen LogP contribution in [0.15, 0.2) is 23.2 Å². The van der Waals surface area contributed by atoms with Crippen LogP contribution in [-0.2, 0) is 9.84 Å². The van der Waals surface area contributed by atoms with Crippen LogP contribution in [0.1, 0.15) is 18.7 Å². The molecule has 0 amide bonds.